The van der Waals surface area contributed by atoms with Crippen LogP contribution in [0.1, 0.15) is 25.7 Å². The summed E-state index contributed by atoms with van der Waals surface area (Å²) in [6.45, 7) is 0.671. The molecule has 1 heterocycles. The number of thiazole rings is 1. The Bertz CT molecular complexity index is 483. The number of aromatic nitrogens is 1. The summed E-state index contributed by atoms with van der Waals surface area (Å²) >= 11 is 6.55. The zero-order chi connectivity index (χ0) is 13.0. The zero-order valence-corrected chi connectivity index (χ0v) is 12.2. The lowest BCUT2D eigenvalue weighted by atomic mass is 10.3. The van der Waals surface area contributed by atoms with E-state index in [1.165, 1.54) is 19.0 Å². The Balaban J connectivity index is 1.75. The molecule has 1 aliphatic rings. The van der Waals surface area contributed by atoms with Crippen LogP contribution in [0.5, 0.6) is 0 Å². The van der Waals surface area contributed by atoms with Gasteiger partial charge in [0.05, 0.1) is 18.9 Å². The van der Waals surface area contributed by atoms with Crippen molar-refractivity contribution in [3.63, 3.8) is 0 Å². The first-order valence-electron chi connectivity index (χ1n) is 5.80. The van der Waals surface area contributed by atoms with Gasteiger partial charge in [0.2, 0.25) is 0 Å². The Morgan fingerprint density at radius 3 is 2.83 bits per heavy atom. The van der Waals surface area contributed by atoms with Crippen molar-refractivity contribution in [3.8, 4) is 0 Å². The Kier molecular flexibility index (Phi) is 4.97. The van der Waals surface area contributed by atoms with Gasteiger partial charge in [0, 0.05) is 6.54 Å². The van der Waals surface area contributed by atoms with Crippen molar-refractivity contribution in [2.24, 2.45) is 0 Å². The maximum Gasteiger partial charge on any atom is 0.251 e. The van der Waals surface area contributed by atoms with Crippen LogP contribution in [0.15, 0.2) is 10.4 Å². The van der Waals surface area contributed by atoms with E-state index >= 15 is 0 Å². The lowest BCUT2D eigenvalue weighted by Crippen LogP contribution is -2.28. The summed E-state index contributed by atoms with van der Waals surface area (Å²) in [4.78, 5) is 3.71. The van der Waals surface area contributed by atoms with E-state index in [4.69, 9.17) is 16.3 Å². The van der Waals surface area contributed by atoms with Crippen LogP contribution in [-0.2, 0) is 14.8 Å². The van der Waals surface area contributed by atoms with Crippen molar-refractivity contribution in [2.75, 3.05) is 13.2 Å². The van der Waals surface area contributed by atoms with Gasteiger partial charge in [0.15, 0.2) is 8.68 Å². The van der Waals surface area contributed by atoms with E-state index in [2.05, 4.69) is 9.71 Å². The fourth-order valence-corrected chi connectivity index (χ4v) is 4.24. The van der Waals surface area contributed by atoms with Crippen LogP contribution < -0.4 is 4.72 Å². The van der Waals surface area contributed by atoms with Crippen molar-refractivity contribution in [3.05, 3.63) is 10.7 Å². The topological polar surface area (TPSA) is 68.3 Å². The molecule has 1 aromatic rings. The van der Waals surface area contributed by atoms with E-state index in [-0.39, 0.29) is 15.2 Å². The predicted octanol–water partition coefficient (Wildman–Crippen LogP) is 2.03. The van der Waals surface area contributed by atoms with Crippen LogP contribution in [0, 0.1) is 0 Å². The highest BCUT2D eigenvalue weighted by Gasteiger charge is 2.18. The summed E-state index contributed by atoms with van der Waals surface area (Å²) in [6.07, 6.45) is 6.12. The Labute approximate surface area is 116 Å². The second-order valence-electron chi connectivity index (χ2n) is 4.11. The molecule has 0 saturated heterocycles. The molecule has 1 saturated carbocycles. The highest BCUT2D eigenvalue weighted by molar-refractivity contribution is 7.91. The van der Waals surface area contributed by atoms with Gasteiger partial charge in [-0.05, 0) is 12.8 Å². The van der Waals surface area contributed by atoms with Crippen LogP contribution in [0.4, 0.5) is 0 Å². The van der Waals surface area contributed by atoms with Crippen molar-refractivity contribution in [2.45, 2.75) is 36.0 Å². The van der Waals surface area contributed by atoms with Gasteiger partial charge in [0.25, 0.3) is 10.0 Å². The molecule has 0 aliphatic heterocycles. The SMILES string of the molecule is O=S(=O)(NCCOC1CCCC1)c1cnc(Cl)s1. The summed E-state index contributed by atoms with van der Waals surface area (Å²) in [6, 6.07) is 0. The molecule has 0 unspecified atom stereocenters. The van der Waals surface area contributed by atoms with E-state index in [0.717, 1.165) is 24.2 Å². The molecule has 102 valence electrons. The number of ether oxygens (including phenoxy) is 1. The number of hydrogen-bond acceptors (Lipinski definition) is 5. The van der Waals surface area contributed by atoms with E-state index < -0.39 is 10.0 Å². The number of sulfonamides is 1. The minimum absolute atomic E-state index is 0.133. The maximum atomic E-state index is 11.8. The zero-order valence-electron chi connectivity index (χ0n) is 9.76. The first-order chi connectivity index (χ1) is 8.58. The third kappa shape index (κ3) is 3.89. The van der Waals surface area contributed by atoms with Gasteiger partial charge in [-0.25, -0.2) is 18.1 Å². The third-order valence-electron chi connectivity index (χ3n) is 2.77. The summed E-state index contributed by atoms with van der Waals surface area (Å²) in [5, 5.41) is 0. The van der Waals surface area contributed by atoms with Gasteiger partial charge >= 0.3 is 0 Å². The molecule has 1 aromatic heterocycles. The standard InChI is InChI=1S/C10H15ClN2O3S2/c11-10-12-7-9(17-10)18(14,15)13-5-6-16-8-3-1-2-4-8/h7-8,13H,1-6H2. The smallest absolute Gasteiger partial charge is 0.251 e. The molecule has 1 aliphatic carbocycles. The van der Waals surface area contributed by atoms with Gasteiger partial charge in [-0.3, -0.25) is 0 Å². The number of halogens is 1. The van der Waals surface area contributed by atoms with Crippen molar-refractivity contribution >= 4 is 33.0 Å². The maximum absolute atomic E-state index is 11.8. The highest BCUT2D eigenvalue weighted by atomic mass is 35.5. The quantitative estimate of drug-likeness (QED) is 0.816. The minimum Gasteiger partial charge on any atom is -0.377 e. The lowest BCUT2D eigenvalue weighted by Gasteiger charge is -2.11. The third-order valence-corrected chi connectivity index (χ3v) is 5.81. The van der Waals surface area contributed by atoms with Gasteiger partial charge in [-0.15, -0.1) is 0 Å². The molecule has 2 rings (SSSR count). The Hall–Kier alpha value is -0.210. The number of nitrogens with one attached hydrogen (secondary N) is 1. The highest BCUT2D eigenvalue weighted by Crippen LogP contribution is 2.22. The average molecular weight is 311 g/mol. The minimum atomic E-state index is -3.49. The second-order valence-corrected chi connectivity index (χ2v) is 7.71. The van der Waals surface area contributed by atoms with Crippen LogP contribution in [-0.4, -0.2) is 32.7 Å². The summed E-state index contributed by atoms with van der Waals surface area (Å²) < 4.78 is 32.0. The monoisotopic (exact) mass is 310 g/mol. The van der Waals surface area contributed by atoms with Crippen LogP contribution in [0.3, 0.4) is 0 Å². The molecular formula is C10H15ClN2O3S2. The summed E-state index contributed by atoms with van der Waals surface area (Å²) in [7, 11) is -3.49. The number of hydrogen-bond donors (Lipinski definition) is 1. The summed E-state index contributed by atoms with van der Waals surface area (Å²) in [5.74, 6) is 0. The van der Waals surface area contributed by atoms with E-state index in [9.17, 15) is 8.42 Å². The first-order valence-corrected chi connectivity index (χ1v) is 8.48. The van der Waals surface area contributed by atoms with Gasteiger partial charge in [-0.1, -0.05) is 35.8 Å². The molecule has 0 amide bonds. The number of nitrogens with zero attached hydrogens (tertiary/aromatic N) is 1. The van der Waals surface area contributed by atoms with Crippen molar-refractivity contribution < 1.29 is 13.2 Å². The Morgan fingerprint density at radius 1 is 1.50 bits per heavy atom. The molecule has 8 heteroatoms. The molecule has 5 nitrogen and oxygen atoms in total. The van der Waals surface area contributed by atoms with Crippen LogP contribution in [0.2, 0.25) is 4.47 Å². The fourth-order valence-electron chi connectivity index (χ4n) is 1.89. The fraction of sp³-hybridized carbons (Fsp3) is 0.700. The molecule has 0 bridgehead atoms. The van der Waals surface area contributed by atoms with E-state index in [0.29, 0.717) is 12.7 Å². The first kappa shape index (κ1) is 14.2. The van der Waals surface area contributed by atoms with E-state index in [1.54, 1.807) is 0 Å². The predicted molar refractivity (Wildman–Crippen MR) is 70.5 cm³/mol. The van der Waals surface area contributed by atoms with Crippen molar-refractivity contribution in [1.82, 2.24) is 9.71 Å². The number of rotatable bonds is 6. The second kappa shape index (κ2) is 6.29. The van der Waals surface area contributed by atoms with Crippen molar-refractivity contribution in [1.29, 1.82) is 0 Å². The van der Waals surface area contributed by atoms with Crippen LogP contribution >= 0.6 is 22.9 Å². The lowest BCUT2D eigenvalue weighted by molar-refractivity contribution is 0.0626. The Morgan fingerprint density at radius 2 is 2.22 bits per heavy atom. The van der Waals surface area contributed by atoms with Gasteiger partial charge in [0.1, 0.15) is 0 Å². The normalized spacial score (nSPS) is 17.4. The molecular weight excluding hydrogens is 296 g/mol. The summed E-state index contributed by atoms with van der Waals surface area (Å²) in [5.41, 5.74) is 0. The molecule has 0 radical (unpaired) electrons. The molecule has 0 aromatic carbocycles. The molecule has 18 heavy (non-hydrogen) atoms. The van der Waals surface area contributed by atoms with Crippen LogP contribution in [0.25, 0.3) is 0 Å². The largest absolute Gasteiger partial charge is 0.377 e. The average Bonchev–Trinajstić information content (AvgIpc) is 2.95. The molecule has 1 N–H and O–H groups in total. The van der Waals surface area contributed by atoms with Gasteiger partial charge < -0.3 is 4.74 Å². The van der Waals surface area contributed by atoms with E-state index in [1.807, 2.05) is 0 Å². The molecule has 0 atom stereocenters. The molecule has 0 spiro atoms. The van der Waals surface area contributed by atoms with Gasteiger partial charge in [-0.2, -0.15) is 0 Å². The molecule has 1 fully saturated rings.